The molecular weight excluding hydrogens is 457 g/mol. The van der Waals surface area contributed by atoms with Crippen molar-refractivity contribution in [2.24, 2.45) is 5.10 Å². The van der Waals surface area contributed by atoms with Crippen molar-refractivity contribution in [1.82, 2.24) is 10.7 Å². The molecule has 1 aliphatic rings. The topological polar surface area (TPSA) is 71.9 Å². The number of hydrogen-bond donors (Lipinski definition) is 2. The van der Waals surface area contributed by atoms with Crippen LogP contribution >= 0.6 is 35.4 Å². The molecule has 9 heteroatoms. The van der Waals surface area contributed by atoms with Crippen molar-refractivity contribution in [3.63, 3.8) is 0 Å². The lowest BCUT2D eigenvalue weighted by Crippen LogP contribution is -2.40. The molecule has 0 aromatic heterocycles. The predicted molar refractivity (Wildman–Crippen MR) is 128 cm³/mol. The number of rotatable bonds is 6. The number of methoxy groups -OCH3 is 1. The summed E-state index contributed by atoms with van der Waals surface area (Å²) in [6.45, 7) is 0. The van der Waals surface area contributed by atoms with Gasteiger partial charge in [-0.2, -0.15) is 5.10 Å². The first-order valence-electron chi connectivity index (χ1n) is 9.91. The molecule has 31 heavy (non-hydrogen) atoms. The van der Waals surface area contributed by atoms with E-state index in [0.717, 1.165) is 18.4 Å². The second-order valence-electron chi connectivity index (χ2n) is 7.11. The number of esters is 1. The standard InChI is InChI=1S/C22H23Cl2N3O3S/c1-29-20-11-14(13-25-27-22(31)26-16-5-3-2-4-6-16)7-10-19(20)30-21(28)15-8-9-17(23)18(24)12-15/h7-13,16H,2-6H2,1H3,(H2,26,27,31)/b25-13-. The van der Waals surface area contributed by atoms with Gasteiger partial charge in [0, 0.05) is 6.04 Å². The van der Waals surface area contributed by atoms with Gasteiger partial charge >= 0.3 is 5.97 Å². The Hall–Kier alpha value is -2.35. The quantitative estimate of drug-likeness (QED) is 0.191. The molecule has 1 saturated carbocycles. The lowest BCUT2D eigenvalue weighted by Gasteiger charge is -2.23. The molecule has 1 aliphatic carbocycles. The fourth-order valence-corrected chi connectivity index (χ4v) is 3.78. The lowest BCUT2D eigenvalue weighted by molar-refractivity contribution is 0.0729. The van der Waals surface area contributed by atoms with Gasteiger partial charge in [0.1, 0.15) is 0 Å². The number of carbonyl (C=O) groups is 1. The number of ether oxygens (including phenoxy) is 2. The molecule has 0 unspecified atom stereocenters. The molecule has 0 amide bonds. The van der Waals surface area contributed by atoms with E-state index >= 15 is 0 Å². The molecule has 0 aliphatic heterocycles. The number of hydrazone groups is 1. The molecule has 6 nitrogen and oxygen atoms in total. The maximum atomic E-state index is 12.4. The summed E-state index contributed by atoms with van der Waals surface area (Å²) in [6, 6.07) is 10.0. The molecule has 2 aromatic carbocycles. The summed E-state index contributed by atoms with van der Waals surface area (Å²) in [5.41, 5.74) is 3.87. The monoisotopic (exact) mass is 479 g/mol. The van der Waals surface area contributed by atoms with Crippen LogP contribution in [0.5, 0.6) is 11.5 Å². The summed E-state index contributed by atoms with van der Waals surface area (Å²) in [7, 11) is 1.49. The van der Waals surface area contributed by atoms with Crippen LogP contribution in [0.1, 0.15) is 48.0 Å². The molecule has 0 atom stereocenters. The van der Waals surface area contributed by atoms with Crippen molar-refractivity contribution < 1.29 is 14.3 Å². The second kappa shape index (κ2) is 11.3. The number of halogens is 2. The number of nitrogens with zero attached hydrogens (tertiary/aromatic N) is 1. The first kappa shape index (κ1) is 23.3. The second-order valence-corrected chi connectivity index (χ2v) is 8.33. The average Bonchev–Trinajstić information content (AvgIpc) is 2.77. The third-order valence-corrected chi connectivity index (χ3v) is 5.81. The smallest absolute Gasteiger partial charge is 0.343 e. The van der Waals surface area contributed by atoms with Gasteiger partial charge in [0.05, 0.1) is 28.9 Å². The van der Waals surface area contributed by atoms with Gasteiger partial charge in [0.2, 0.25) is 0 Å². The van der Waals surface area contributed by atoms with Crippen molar-refractivity contribution in [2.45, 2.75) is 38.1 Å². The van der Waals surface area contributed by atoms with Crippen LogP contribution in [0.3, 0.4) is 0 Å². The third-order valence-electron chi connectivity index (χ3n) is 4.87. The van der Waals surface area contributed by atoms with E-state index in [0.29, 0.717) is 21.9 Å². The van der Waals surface area contributed by atoms with Gasteiger partial charge in [0.25, 0.3) is 0 Å². The first-order valence-corrected chi connectivity index (χ1v) is 11.1. The maximum absolute atomic E-state index is 12.4. The first-order chi connectivity index (χ1) is 15.0. The van der Waals surface area contributed by atoms with E-state index in [1.807, 2.05) is 0 Å². The molecule has 3 rings (SSSR count). The summed E-state index contributed by atoms with van der Waals surface area (Å²) in [4.78, 5) is 12.4. The normalized spacial score (nSPS) is 14.3. The highest BCUT2D eigenvalue weighted by Gasteiger charge is 2.15. The molecule has 0 heterocycles. The van der Waals surface area contributed by atoms with Crippen molar-refractivity contribution in [3.8, 4) is 11.5 Å². The number of benzene rings is 2. The van der Waals surface area contributed by atoms with Gasteiger partial charge in [-0.3, -0.25) is 5.43 Å². The largest absolute Gasteiger partial charge is 0.493 e. The predicted octanol–water partition coefficient (Wildman–Crippen LogP) is 5.35. The zero-order valence-electron chi connectivity index (χ0n) is 17.0. The molecule has 0 bridgehead atoms. The van der Waals surface area contributed by atoms with Gasteiger partial charge in [-0.25, -0.2) is 4.79 Å². The highest BCUT2D eigenvalue weighted by molar-refractivity contribution is 7.80. The van der Waals surface area contributed by atoms with Crippen molar-refractivity contribution in [1.29, 1.82) is 0 Å². The summed E-state index contributed by atoms with van der Waals surface area (Å²) in [5, 5.41) is 8.60. The molecule has 164 valence electrons. The highest BCUT2D eigenvalue weighted by atomic mass is 35.5. The van der Waals surface area contributed by atoms with Gasteiger partial charge in [-0.05, 0) is 67.0 Å². The van der Waals surface area contributed by atoms with Crippen LogP contribution in [0.15, 0.2) is 41.5 Å². The minimum absolute atomic E-state index is 0.276. The Balaban J connectivity index is 1.59. The number of nitrogens with one attached hydrogen (secondary N) is 2. The zero-order chi connectivity index (χ0) is 22.2. The van der Waals surface area contributed by atoms with Crippen LogP contribution in [0.4, 0.5) is 0 Å². The molecule has 2 aromatic rings. The Bertz CT molecular complexity index is 978. The van der Waals surface area contributed by atoms with Gasteiger partial charge in [-0.1, -0.05) is 42.5 Å². The summed E-state index contributed by atoms with van der Waals surface area (Å²) in [6.07, 6.45) is 7.62. The molecule has 1 fully saturated rings. The number of thiocarbonyl (C=S) groups is 1. The highest BCUT2D eigenvalue weighted by Crippen LogP contribution is 2.29. The molecule has 0 spiro atoms. The molecule has 0 saturated heterocycles. The summed E-state index contributed by atoms with van der Waals surface area (Å²) >= 11 is 17.1. The van der Waals surface area contributed by atoms with Crippen LogP contribution < -0.4 is 20.2 Å². The van der Waals surface area contributed by atoms with E-state index < -0.39 is 5.97 Å². The SMILES string of the molecule is COc1cc(/C=N\NC(=S)NC2CCCCC2)ccc1OC(=O)c1ccc(Cl)c(Cl)c1. The van der Waals surface area contributed by atoms with E-state index in [9.17, 15) is 4.79 Å². The average molecular weight is 480 g/mol. The van der Waals surface area contributed by atoms with Gasteiger partial charge in [-0.15, -0.1) is 0 Å². The van der Waals surface area contributed by atoms with E-state index in [4.69, 9.17) is 44.9 Å². The Morgan fingerprint density at radius 3 is 2.58 bits per heavy atom. The van der Waals surface area contributed by atoms with Crippen LogP contribution in [0, 0.1) is 0 Å². The van der Waals surface area contributed by atoms with Crippen molar-refractivity contribution >= 4 is 52.7 Å². The summed E-state index contributed by atoms with van der Waals surface area (Å²) in [5.74, 6) is 0.0949. The maximum Gasteiger partial charge on any atom is 0.343 e. The lowest BCUT2D eigenvalue weighted by atomic mass is 9.96. The van der Waals surface area contributed by atoms with E-state index in [-0.39, 0.29) is 16.3 Å². The van der Waals surface area contributed by atoms with Crippen LogP contribution in [0.2, 0.25) is 10.0 Å². The molecule has 2 N–H and O–H groups in total. The van der Waals surface area contributed by atoms with Crippen LogP contribution in [0.25, 0.3) is 0 Å². The minimum Gasteiger partial charge on any atom is -0.493 e. The van der Waals surface area contributed by atoms with Crippen LogP contribution in [-0.4, -0.2) is 30.4 Å². The van der Waals surface area contributed by atoms with Crippen LogP contribution in [-0.2, 0) is 0 Å². The third kappa shape index (κ3) is 6.82. The van der Waals surface area contributed by atoms with E-state index in [2.05, 4.69) is 15.8 Å². The van der Waals surface area contributed by atoms with Gasteiger partial charge < -0.3 is 14.8 Å². The zero-order valence-corrected chi connectivity index (χ0v) is 19.3. The number of carbonyl (C=O) groups excluding carboxylic acids is 1. The fraction of sp³-hybridized carbons (Fsp3) is 0.318. The Labute approximate surface area is 196 Å². The Kier molecular flexibility index (Phi) is 8.51. The number of hydrogen-bond acceptors (Lipinski definition) is 5. The Morgan fingerprint density at radius 1 is 1.10 bits per heavy atom. The van der Waals surface area contributed by atoms with Crippen molar-refractivity contribution in [3.05, 3.63) is 57.6 Å². The van der Waals surface area contributed by atoms with Crippen molar-refractivity contribution in [2.75, 3.05) is 7.11 Å². The van der Waals surface area contributed by atoms with E-state index in [1.54, 1.807) is 30.5 Å². The summed E-state index contributed by atoms with van der Waals surface area (Å²) < 4.78 is 10.8. The molecule has 0 radical (unpaired) electrons. The molecular formula is C22H23Cl2N3O3S. The fourth-order valence-electron chi connectivity index (χ4n) is 3.26. The van der Waals surface area contributed by atoms with E-state index in [1.165, 1.54) is 38.5 Å². The van der Waals surface area contributed by atoms with Gasteiger partial charge in [0.15, 0.2) is 16.6 Å². The minimum atomic E-state index is -0.570. The Morgan fingerprint density at radius 2 is 1.87 bits per heavy atom.